The van der Waals surface area contributed by atoms with Crippen molar-refractivity contribution in [1.82, 2.24) is 0 Å². The molecule has 0 radical (unpaired) electrons. The number of hydrogen-bond acceptors (Lipinski definition) is 4. The second kappa shape index (κ2) is 21.6. The molecule has 0 spiro atoms. The third kappa shape index (κ3) is 13.8. The van der Waals surface area contributed by atoms with Gasteiger partial charge in [-0.15, -0.1) is 0 Å². The first kappa shape index (κ1) is 47.3. The first-order valence-electron chi connectivity index (χ1n) is 23.7. The first-order valence-corrected chi connectivity index (χ1v) is 23.7. The summed E-state index contributed by atoms with van der Waals surface area (Å²) in [6.07, 6.45) is 26.2. The van der Waals surface area contributed by atoms with E-state index in [1.54, 1.807) is 0 Å². The van der Waals surface area contributed by atoms with Crippen molar-refractivity contribution in [2.75, 3.05) is 13.2 Å². The van der Waals surface area contributed by atoms with Crippen molar-refractivity contribution < 1.29 is 19.1 Å². The van der Waals surface area contributed by atoms with Crippen LogP contribution in [-0.4, -0.2) is 25.2 Å². The van der Waals surface area contributed by atoms with Gasteiger partial charge in [-0.2, -0.15) is 0 Å². The summed E-state index contributed by atoms with van der Waals surface area (Å²) in [5.41, 5.74) is 1.24. The monoisotopic (exact) mass is 757 g/mol. The number of carbonyl (C=O) groups is 2. The van der Waals surface area contributed by atoms with Crippen LogP contribution < -0.4 is 0 Å². The highest BCUT2D eigenvalue weighted by Crippen LogP contribution is 2.56. The van der Waals surface area contributed by atoms with Crippen LogP contribution in [0, 0.1) is 69.0 Å². The number of rotatable bonds is 20. The third-order valence-corrected chi connectivity index (χ3v) is 15.8. The van der Waals surface area contributed by atoms with Gasteiger partial charge in [-0.25, -0.2) is 0 Å². The molecule has 0 N–H and O–H groups in total. The lowest BCUT2D eigenvalue weighted by Crippen LogP contribution is -2.42. The standard InChI is InChI=1S/C50H92O4/c1-13-15-19-37(3)31-39(5)33-49(47(7,8)9)27-23-41(24-28-49)35-53-45(51)43-21-17-18-22-44(43)46(52)54-36-42-25-29-50(30-26-42,48(10,11)12)34-40(6)32-38(4)20-16-14-2/h37-44H,13-36H2,1-12H3. The molecule has 0 aromatic rings. The molecule has 316 valence electrons. The van der Waals surface area contributed by atoms with E-state index in [9.17, 15) is 9.59 Å². The summed E-state index contributed by atoms with van der Waals surface area (Å²) in [4.78, 5) is 27.2. The van der Waals surface area contributed by atoms with Crippen LogP contribution in [0.5, 0.6) is 0 Å². The quantitative estimate of drug-likeness (QED) is 0.116. The molecule has 54 heavy (non-hydrogen) atoms. The zero-order chi connectivity index (χ0) is 40.2. The zero-order valence-electron chi connectivity index (χ0n) is 38.2. The molecule has 4 heteroatoms. The molecule has 0 heterocycles. The Bertz CT molecular complexity index is 993. The third-order valence-electron chi connectivity index (χ3n) is 15.8. The van der Waals surface area contributed by atoms with E-state index in [0.29, 0.717) is 35.9 Å². The Morgan fingerprint density at radius 2 is 0.889 bits per heavy atom. The topological polar surface area (TPSA) is 52.6 Å². The molecule has 3 rings (SSSR count). The van der Waals surface area contributed by atoms with E-state index in [-0.39, 0.29) is 34.6 Å². The molecule has 3 fully saturated rings. The average Bonchev–Trinajstić information content (AvgIpc) is 3.11. The number of ether oxygens (including phenoxy) is 2. The Balaban J connectivity index is 1.48. The van der Waals surface area contributed by atoms with Crippen LogP contribution in [0.1, 0.15) is 224 Å². The number of unbranched alkanes of at least 4 members (excludes halogenated alkanes) is 2. The van der Waals surface area contributed by atoms with Gasteiger partial charge in [0.25, 0.3) is 0 Å². The minimum atomic E-state index is -0.347. The first-order chi connectivity index (χ1) is 25.3. The highest BCUT2D eigenvalue weighted by atomic mass is 16.5. The van der Waals surface area contributed by atoms with Gasteiger partial charge in [-0.3, -0.25) is 9.59 Å². The molecular formula is C50H92O4. The summed E-state index contributed by atoms with van der Waals surface area (Å²) in [6.45, 7) is 30.2. The van der Waals surface area contributed by atoms with Crippen molar-refractivity contribution >= 4 is 11.9 Å². The maximum atomic E-state index is 13.6. The summed E-state index contributed by atoms with van der Waals surface area (Å²) in [5, 5.41) is 0. The lowest BCUT2D eigenvalue weighted by Gasteiger charge is -2.51. The molecule has 6 atom stereocenters. The molecule has 0 saturated heterocycles. The predicted molar refractivity (Wildman–Crippen MR) is 229 cm³/mol. The normalized spacial score (nSPS) is 30.6. The number of carbonyl (C=O) groups excluding carboxylic acids is 2. The second-order valence-corrected chi connectivity index (χ2v) is 22.3. The molecule has 3 saturated carbocycles. The highest BCUT2D eigenvalue weighted by molar-refractivity contribution is 5.82. The molecule has 0 aromatic heterocycles. The van der Waals surface area contributed by atoms with Crippen LogP contribution in [0.15, 0.2) is 0 Å². The maximum Gasteiger partial charge on any atom is 0.309 e. The number of esters is 2. The molecule has 3 aliphatic rings. The van der Waals surface area contributed by atoms with Gasteiger partial charge in [-0.1, -0.05) is 134 Å². The Kier molecular flexibility index (Phi) is 19.0. The summed E-state index contributed by atoms with van der Waals surface area (Å²) >= 11 is 0. The van der Waals surface area contributed by atoms with Gasteiger partial charge in [0.15, 0.2) is 0 Å². The van der Waals surface area contributed by atoms with Crippen LogP contribution in [0.4, 0.5) is 0 Å². The van der Waals surface area contributed by atoms with E-state index < -0.39 is 0 Å². The molecule has 0 amide bonds. The smallest absolute Gasteiger partial charge is 0.309 e. The Morgan fingerprint density at radius 3 is 1.19 bits per heavy atom. The van der Waals surface area contributed by atoms with Gasteiger partial charge in [0.1, 0.15) is 0 Å². The molecule has 4 nitrogen and oxygen atoms in total. The van der Waals surface area contributed by atoms with Crippen LogP contribution in [0.2, 0.25) is 0 Å². The molecular weight excluding hydrogens is 665 g/mol. The summed E-state index contributed by atoms with van der Waals surface area (Å²) in [5.74, 6) is 2.96. The van der Waals surface area contributed by atoms with E-state index in [1.807, 2.05) is 0 Å². The van der Waals surface area contributed by atoms with Crippen molar-refractivity contribution in [3.8, 4) is 0 Å². The summed E-state index contributed by atoms with van der Waals surface area (Å²) in [6, 6.07) is 0. The van der Waals surface area contributed by atoms with E-state index in [2.05, 4.69) is 83.1 Å². The molecule has 6 unspecified atom stereocenters. The number of hydrogen-bond donors (Lipinski definition) is 0. The lowest BCUT2D eigenvalue weighted by molar-refractivity contribution is -0.165. The molecule has 3 aliphatic carbocycles. The predicted octanol–water partition coefficient (Wildman–Crippen LogP) is 14.8. The van der Waals surface area contributed by atoms with Gasteiger partial charge in [0.05, 0.1) is 25.0 Å². The fourth-order valence-corrected chi connectivity index (χ4v) is 11.8. The SMILES string of the molecule is CCCCC(C)CC(C)CC1(C(C)(C)C)CCC(COC(=O)C2CCCCC2C(=O)OCC2CCC(CC(C)CC(C)CCCC)(C(C)(C)C)CC2)CC1. The van der Waals surface area contributed by atoms with E-state index in [1.165, 1.54) is 89.9 Å². The van der Waals surface area contributed by atoms with Crippen molar-refractivity contribution in [2.24, 2.45) is 69.0 Å². The van der Waals surface area contributed by atoms with Gasteiger partial charge in [0, 0.05) is 0 Å². The Morgan fingerprint density at radius 1 is 0.556 bits per heavy atom. The van der Waals surface area contributed by atoms with Gasteiger partial charge in [-0.05, 0) is 147 Å². The minimum absolute atomic E-state index is 0.148. The second-order valence-electron chi connectivity index (χ2n) is 22.3. The fourth-order valence-electron chi connectivity index (χ4n) is 11.8. The van der Waals surface area contributed by atoms with Crippen LogP contribution >= 0.6 is 0 Å². The summed E-state index contributed by atoms with van der Waals surface area (Å²) in [7, 11) is 0. The zero-order valence-corrected chi connectivity index (χ0v) is 38.2. The Hall–Kier alpha value is -1.06. The maximum absolute atomic E-state index is 13.6. The van der Waals surface area contributed by atoms with E-state index in [4.69, 9.17) is 9.47 Å². The Labute approximate surface area is 336 Å². The largest absolute Gasteiger partial charge is 0.465 e. The minimum Gasteiger partial charge on any atom is -0.465 e. The van der Waals surface area contributed by atoms with E-state index >= 15 is 0 Å². The highest BCUT2D eigenvalue weighted by Gasteiger charge is 2.47. The molecule has 0 aromatic carbocycles. The lowest BCUT2D eigenvalue weighted by atomic mass is 9.54. The van der Waals surface area contributed by atoms with Crippen molar-refractivity contribution in [3.05, 3.63) is 0 Å². The fraction of sp³-hybridized carbons (Fsp3) is 0.960. The van der Waals surface area contributed by atoms with Gasteiger partial charge < -0.3 is 9.47 Å². The average molecular weight is 757 g/mol. The molecule has 0 aliphatic heterocycles. The van der Waals surface area contributed by atoms with Crippen LogP contribution in [0.25, 0.3) is 0 Å². The van der Waals surface area contributed by atoms with Gasteiger partial charge in [0.2, 0.25) is 0 Å². The van der Waals surface area contributed by atoms with E-state index in [0.717, 1.165) is 75.0 Å². The van der Waals surface area contributed by atoms with Crippen LogP contribution in [0.3, 0.4) is 0 Å². The summed E-state index contributed by atoms with van der Waals surface area (Å²) < 4.78 is 12.2. The van der Waals surface area contributed by atoms with Crippen LogP contribution in [-0.2, 0) is 19.1 Å². The van der Waals surface area contributed by atoms with Crippen molar-refractivity contribution in [1.29, 1.82) is 0 Å². The van der Waals surface area contributed by atoms with Gasteiger partial charge >= 0.3 is 11.9 Å². The van der Waals surface area contributed by atoms with Crippen molar-refractivity contribution in [2.45, 2.75) is 224 Å². The van der Waals surface area contributed by atoms with Crippen molar-refractivity contribution in [3.63, 3.8) is 0 Å². The molecule has 0 bridgehead atoms.